The molecule has 1 fully saturated rings. The van der Waals surface area contributed by atoms with Gasteiger partial charge in [0.05, 0.1) is 18.8 Å². The molecule has 0 aliphatic carbocycles. The van der Waals surface area contributed by atoms with E-state index in [4.69, 9.17) is 0 Å². The molecule has 0 aromatic heterocycles. The van der Waals surface area contributed by atoms with Crippen LogP contribution in [0.4, 0.5) is 0 Å². The molecular weight excluding hydrogens is 278 g/mol. The second-order valence-electron chi connectivity index (χ2n) is 4.92. The van der Waals surface area contributed by atoms with Gasteiger partial charge >= 0.3 is 5.97 Å². The zero-order valence-electron chi connectivity index (χ0n) is 11.5. The van der Waals surface area contributed by atoms with Crippen LogP contribution in [0.5, 0.6) is 0 Å². The summed E-state index contributed by atoms with van der Waals surface area (Å²) < 4.78 is 30.5. The molecule has 0 radical (unpaired) electrons. The number of sulfonamides is 1. The van der Waals surface area contributed by atoms with Gasteiger partial charge in [0.25, 0.3) is 0 Å². The minimum Gasteiger partial charge on any atom is -0.469 e. The molecule has 1 aromatic rings. The van der Waals surface area contributed by atoms with E-state index in [-0.39, 0.29) is 24.2 Å². The second-order valence-corrected chi connectivity index (χ2v) is 7.01. The molecule has 1 atom stereocenters. The smallest absolute Gasteiger partial charge is 0.310 e. The SMILES string of the molecule is COC(=O)C1CCN(S(=O)(=O)CCc2ccccc2)C1. The molecule has 0 saturated carbocycles. The maximum atomic E-state index is 12.2. The lowest BCUT2D eigenvalue weighted by Crippen LogP contribution is -2.32. The van der Waals surface area contributed by atoms with Crippen LogP contribution in [0.15, 0.2) is 30.3 Å². The molecule has 0 N–H and O–H groups in total. The lowest BCUT2D eigenvalue weighted by atomic mass is 10.1. The normalized spacial score (nSPS) is 19.9. The fourth-order valence-corrected chi connectivity index (χ4v) is 3.90. The summed E-state index contributed by atoms with van der Waals surface area (Å²) in [6, 6.07) is 9.52. The van der Waals surface area contributed by atoms with Gasteiger partial charge in [0.2, 0.25) is 10.0 Å². The molecule has 20 heavy (non-hydrogen) atoms. The van der Waals surface area contributed by atoms with Crippen molar-refractivity contribution in [3.63, 3.8) is 0 Å². The van der Waals surface area contributed by atoms with Gasteiger partial charge in [0, 0.05) is 13.1 Å². The number of carbonyl (C=O) groups excluding carboxylic acids is 1. The number of hydrogen-bond acceptors (Lipinski definition) is 4. The van der Waals surface area contributed by atoms with Gasteiger partial charge in [-0.15, -0.1) is 0 Å². The Labute approximate surface area is 119 Å². The number of hydrogen-bond donors (Lipinski definition) is 0. The van der Waals surface area contributed by atoms with E-state index in [0.717, 1.165) is 5.56 Å². The first-order valence-corrected chi connectivity index (χ1v) is 8.23. The third-order valence-corrected chi connectivity index (χ3v) is 5.41. The van der Waals surface area contributed by atoms with Gasteiger partial charge in [-0.25, -0.2) is 12.7 Å². The Morgan fingerprint density at radius 3 is 2.70 bits per heavy atom. The fourth-order valence-electron chi connectivity index (χ4n) is 2.36. The first kappa shape index (κ1) is 15.0. The molecule has 0 bridgehead atoms. The first-order valence-electron chi connectivity index (χ1n) is 6.62. The number of nitrogens with zero attached hydrogens (tertiary/aromatic N) is 1. The third-order valence-electron chi connectivity index (χ3n) is 3.57. The maximum Gasteiger partial charge on any atom is 0.310 e. The Kier molecular flexibility index (Phi) is 4.77. The van der Waals surface area contributed by atoms with Crippen LogP contribution in [0.1, 0.15) is 12.0 Å². The summed E-state index contributed by atoms with van der Waals surface area (Å²) in [5.74, 6) is -0.581. The average Bonchev–Trinajstić information content (AvgIpc) is 2.96. The van der Waals surface area contributed by atoms with Crippen LogP contribution in [0.3, 0.4) is 0 Å². The molecular formula is C14H19NO4S. The number of methoxy groups -OCH3 is 1. The van der Waals surface area contributed by atoms with Gasteiger partial charge in [-0.2, -0.15) is 0 Å². The van der Waals surface area contributed by atoms with Gasteiger partial charge in [-0.3, -0.25) is 4.79 Å². The summed E-state index contributed by atoms with van der Waals surface area (Å²) in [7, 11) is -1.98. The highest BCUT2D eigenvalue weighted by molar-refractivity contribution is 7.89. The molecule has 1 aliphatic heterocycles. The first-order chi connectivity index (χ1) is 9.53. The molecule has 1 saturated heterocycles. The van der Waals surface area contributed by atoms with E-state index < -0.39 is 10.0 Å². The highest BCUT2D eigenvalue weighted by Gasteiger charge is 2.35. The van der Waals surface area contributed by atoms with E-state index in [1.165, 1.54) is 11.4 Å². The Balaban J connectivity index is 1.93. The van der Waals surface area contributed by atoms with E-state index in [9.17, 15) is 13.2 Å². The minimum atomic E-state index is -3.31. The second kappa shape index (κ2) is 6.37. The topological polar surface area (TPSA) is 63.7 Å². The van der Waals surface area contributed by atoms with Crippen molar-refractivity contribution >= 4 is 16.0 Å². The predicted octanol–water partition coefficient (Wildman–Crippen LogP) is 1.05. The summed E-state index contributed by atoms with van der Waals surface area (Å²) in [6.07, 6.45) is 1.03. The van der Waals surface area contributed by atoms with E-state index >= 15 is 0 Å². The van der Waals surface area contributed by atoms with Crippen LogP contribution >= 0.6 is 0 Å². The van der Waals surface area contributed by atoms with Crippen molar-refractivity contribution in [2.45, 2.75) is 12.8 Å². The highest BCUT2D eigenvalue weighted by atomic mass is 32.2. The van der Waals surface area contributed by atoms with Crippen LogP contribution in [0.2, 0.25) is 0 Å². The summed E-state index contributed by atoms with van der Waals surface area (Å²) in [5.41, 5.74) is 1.000. The summed E-state index contributed by atoms with van der Waals surface area (Å²) in [4.78, 5) is 11.4. The van der Waals surface area contributed by atoms with Crippen LogP contribution < -0.4 is 0 Å². The fraction of sp³-hybridized carbons (Fsp3) is 0.500. The number of rotatable bonds is 5. The van der Waals surface area contributed by atoms with Gasteiger partial charge in [-0.1, -0.05) is 30.3 Å². The van der Waals surface area contributed by atoms with Crippen molar-refractivity contribution < 1.29 is 17.9 Å². The Morgan fingerprint density at radius 2 is 2.05 bits per heavy atom. The van der Waals surface area contributed by atoms with E-state index in [2.05, 4.69) is 4.74 Å². The van der Waals surface area contributed by atoms with Crippen molar-refractivity contribution in [3.05, 3.63) is 35.9 Å². The summed E-state index contributed by atoms with van der Waals surface area (Å²) >= 11 is 0. The van der Waals surface area contributed by atoms with Crippen LogP contribution in [-0.2, 0) is 26.0 Å². The number of carbonyl (C=O) groups is 1. The Morgan fingerprint density at radius 1 is 1.35 bits per heavy atom. The lowest BCUT2D eigenvalue weighted by Gasteiger charge is -2.16. The Bertz CT molecular complexity index is 556. The van der Waals surface area contributed by atoms with Crippen LogP contribution in [-0.4, -0.2) is 44.6 Å². The molecule has 5 nitrogen and oxygen atoms in total. The maximum absolute atomic E-state index is 12.2. The molecule has 1 unspecified atom stereocenters. The van der Waals surface area contributed by atoms with Crippen molar-refractivity contribution in [1.82, 2.24) is 4.31 Å². The molecule has 6 heteroatoms. The van der Waals surface area contributed by atoms with Gasteiger partial charge in [-0.05, 0) is 18.4 Å². The van der Waals surface area contributed by atoms with Crippen molar-refractivity contribution in [1.29, 1.82) is 0 Å². The lowest BCUT2D eigenvalue weighted by molar-refractivity contribution is -0.144. The summed E-state index contributed by atoms with van der Waals surface area (Å²) in [6.45, 7) is 0.640. The quantitative estimate of drug-likeness (QED) is 0.762. The zero-order chi connectivity index (χ0) is 14.6. The number of ether oxygens (including phenoxy) is 1. The van der Waals surface area contributed by atoms with Crippen LogP contribution in [0.25, 0.3) is 0 Å². The van der Waals surface area contributed by atoms with E-state index in [0.29, 0.717) is 19.4 Å². The number of aryl methyl sites for hydroxylation is 1. The van der Waals surface area contributed by atoms with Crippen molar-refractivity contribution in [3.8, 4) is 0 Å². The predicted molar refractivity (Wildman–Crippen MR) is 75.6 cm³/mol. The third kappa shape index (κ3) is 3.58. The van der Waals surface area contributed by atoms with Gasteiger partial charge < -0.3 is 4.74 Å². The van der Waals surface area contributed by atoms with Gasteiger partial charge in [0.15, 0.2) is 0 Å². The monoisotopic (exact) mass is 297 g/mol. The minimum absolute atomic E-state index is 0.0743. The number of esters is 1. The zero-order valence-corrected chi connectivity index (χ0v) is 12.3. The standard InChI is InChI=1S/C14H19NO4S/c1-19-14(16)13-7-9-15(11-13)20(17,18)10-8-12-5-3-2-4-6-12/h2-6,13H,7-11H2,1H3. The van der Waals surface area contributed by atoms with E-state index in [1.54, 1.807) is 0 Å². The molecule has 1 aliphatic rings. The number of benzene rings is 1. The van der Waals surface area contributed by atoms with Crippen molar-refractivity contribution in [2.24, 2.45) is 5.92 Å². The Hall–Kier alpha value is -1.40. The highest BCUT2D eigenvalue weighted by Crippen LogP contribution is 2.21. The van der Waals surface area contributed by atoms with Crippen molar-refractivity contribution in [2.75, 3.05) is 26.0 Å². The largest absolute Gasteiger partial charge is 0.469 e. The molecule has 1 aromatic carbocycles. The molecule has 0 spiro atoms. The molecule has 0 amide bonds. The van der Waals surface area contributed by atoms with Crippen LogP contribution in [0, 0.1) is 5.92 Å². The average molecular weight is 297 g/mol. The molecule has 110 valence electrons. The van der Waals surface area contributed by atoms with Gasteiger partial charge in [0.1, 0.15) is 0 Å². The van der Waals surface area contributed by atoms with E-state index in [1.807, 2.05) is 30.3 Å². The molecule has 1 heterocycles. The summed E-state index contributed by atoms with van der Waals surface area (Å²) in [5, 5.41) is 0. The molecule has 2 rings (SSSR count).